The maximum Gasteiger partial charge on any atom is 0.254 e. The average Bonchev–Trinajstić information content (AvgIpc) is 2.87. The molecule has 1 amide bonds. The molecule has 0 aliphatic carbocycles. The number of piperazine rings is 1. The summed E-state index contributed by atoms with van der Waals surface area (Å²) in [6, 6.07) is 12.7. The lowest BCUT2D eigenvalue weighted by molar-refractivity contribution is -0.122. The molecular weight excluding hydrogens is 396 g/mol. The van der Waals surface area contributed by atoms with Crippen LogP contribution in [0.1, 0.15) is 27.7 Å². The van der Waals surface area contributed by atoms with Crippen molar-refractivity contribution in [2.24, 2.45) is 5.10 Å². The molecule has 0 bridgehead atoms. The summed E-state index contributed by atoms with van der Waals surface area (Å²) in [6.07, 6.45) is -0.0778. The topological polar surface area (TPSA) is 109 Å². The lowest BCUT2D eigenvalue weighted by Crippen LogP contribution is -2.48. The van der Waals surface area contributed by atoms with E-state index in [1.165, 1.54) is 12.1 Å². The van der Waals surface area contributed by atoms with Crippen molar-refractivity contribution in [2.75, 3.05) is 39.1 Å². The Kier molecular flexibility index (Phi) is 5.34. The molecule has 2 aromatic carbocycles. The maximum atomic E-state index is 12.6. The third-order valence-electron chi connectivity index (χ3n) is 4.34. The van der Waals surface area contributed by atoms with Gasteiger partial charge in [0.25, 0.3) is 5.91 Å². The predicted octanol–water partition coefficient (Wildman–Crippen LogP) is 0.556. The van der Waals surface area contributed by atoms with Crippen molar-refractivity contribution in [1.82, 2.24) is 15.2 Å². The van der Waals surface area contributed by atoms with E-state index < -0.39 is 57.7 Å². The van der Waals surface area contributed by atoms with E-state index in [1.54, 1.807) is 36.4 Å². The van der Waals surface area contributed by atoms with E-state index in [4.69, 9.17) is 16.1 Å². The van der Waals surface area contributed by atoms with Crippen molar-refractivity contribution < 1.29 is 31.1 Å². The fourth-order valence-corrected chi connectivity index (χ4v) is 2.77. The second kappa shape index (κ2) is 11.6. The van der Waals surface area contributed by atoms with Crippen LogP contribution in [0, 0.1) is 0 Å². The number of amides is 1. The van der Waals surface area contributed by atoms with Crippen molar-refractivity contribution >= 4 is 12.1 Å². The molecule has 166 valence electrons. The van der Waals surface area contributed by atoms with Crippen LogP contribution in [0.2, 0.25) is 0 Å². The van der Waals surface area contributed by atoms with E-state index in [1.807, 2.05) is 0 Å². The maximum absolute atomic E-state index is 12.6. The Morgan fingerprint density at radius 2 is 1.84 bits per heavy atom. The monoisotopic (exact) mass is 434 g/mol. The minimum absolute atomic E-state index is 0.0409. The van der Waals surface area contributed by atoms with Gasteiger partial charge in [-0.3, -0.25) is 14.6 Å². The van der Waals surface area contributed by atoms with Gasteiger partial charge in [0.15, 0.2) is 0 Å². The van der Waals surface area contributed by atoms with Gasteiger partial charge < -0.3 is 15.3 Å². The molecule has 2 aromatic rings. The minimum atomic E-state index is -3.15. The van der Waals surface area contributed by atoms with Gasteiger partial charge in [-0.2, -0.15) is 5.10 Å². The van der Waals surface area contributed by atoms with Crippen LogP contribution in [0.15, 0.2) is 53.6 Å². The number of aromatic hydroxyl groups is 1. The van der Waals surface area contributed by atoms with E-state index in [0.717, 1.165) is 6.21 Å². The molecule has 3 rings (SSSR count). The number of benzene rings is 2. The van der Waals surface area contributed by atoms with E-state index >= 15 is 0 Å². The zero-order chi connectivity index (χ0) is 29.2. The Hall–Kier alpha value is -2.78. The standard InChI is InChI=1S/C23H30N4O4/c28-17-21(29)13-19-7-4-8-20(23(19)31)14-24-25-22(30)16-27-11-9-26(10-12-27)15-18-5-2-1-3-6-18/h1-8,14,21,28-29,31H,9-13,15-17H2,(H,25,30)/b24-14+/i9D2,10D2,11D2,12D2. The Balaban J connectivity index is 1.80. The highest BCUT2D eigenvalue weighted by molar-refractivity contribution is 5.86. The average molecular weight is 435 g/mol. The molecule has 1 aliphatic rings. The molecule has 4 N–H and O–H groups in total. The van der Waals surface area contributed by atoms with Gasteiger partial charge in [0.2, 0.25) is 0 Å². The van der Waals surface area contributed by atoms with Crippen LogP contribution in [-0.2, 0) is 17.8 Å². The van der Waals surface area contributed by atoms with E-state index in [0.29, 0.717) is 16.0 Å². The number of carbonyl (C=O) groups excluding carboxylic acids is 1. The first-order valence-corrected chi connectivity index (χ1v) is 9.58. The molecule has 31 heavy (non-hydrogen) atoms. The molecule has 1 atom stereocenters. The van der Waals surface area contributed by atoms with Crippen LogP contribution in [0.25, 0.3) is 0 Å². The van der Waals surface area contributed by atoms with Crippen molar-refractivity contribution in [3.63, 3.8) is 0 Å². The predicted molar refractivity (Wildman–Crippen MR) is 119 cm³/mol. The van der Waals surface area contributed by atoms with Gasteiger partial charge in [-0.1, -0.05) is 42.5 Å². The third-order valence-corrected chi connectivity index (χ3v) is 4.34. The number of phenolic OH excluding ortho intramolecular Hbond substituents is 1. The summed E-state index contributed by atoms with van der Waals surface area (Å²) in [7, 11) is 0. The first-order valence-electron chi connectivity index (χ1n) is 13.6. The molecule has 1 heterocycles. The van der Waals surface area contributed by atoms with Crippen LogP contribution in [0.5, 0.6) is 5.75 Å². The number of hydrogen-bond acceptors (Lipinski definition) is 7. The first kappa shape index (κ1) is 14.3. The van der Waals surface area contributed by atoms with Gasteiger partial charge >= 0.3 is 0 Å². The molecule has 1 unspecified atom stereocenters. The number of carbonyl (C=O) groups is 1. The van der Waals surface area contributed by atoms with Crippen molar-refractivity contribution in [2.45, 2.75) is 19.1 Å². The van der Waals surface area contributed by atoms with E-state index in [9.17, 15) is 15.0 Å². The van der Waals surface area contributed by atoms with E-state index in [2.05, 4.69) is 10.5 Å². The van der Waals surface area contributed by atoms with Gasteiger partial charge in [0.05, 0.1) is 25.5 Å². The zero-order valence-corrected chi connectivity index (χ0v) is 16.7. The minimum Gasteiger partial charge on any atom is -0.507 e. The highest BCUT2D eigenvalue weighted by Crippen LogP contribution is 2.22. The number of nitrogens with zero attached hydrogens (tertiary/aromatic N) is 3. The van der Waals surface area contributed by atoms with Crippen LogP contribution in [0.3, 0.4) is 0 Å². The quantitative estimate of drug-likeness (QED) is 0.339. The molecule has 0 radical (unpaired) electrons. The summed E-state index contributed by atoms with van der Waals surface area (Å²) >= 11 is 0. The number of phenols is 1. The molecular formula is C23H30N4O4. The van der Waals surface area contributed by atoms with Crippen molar-refractivity contribution in [3.05, 3.63) is 65.2 Å². The Morgan fingerprint density at radius 1 is 1.13 bits per heavy atom. The number of nitrogens with one attached hydrogen (secondary N) is 1. The van der Waals surface area contributed by atoms with Crippen LogP contribution >= 0.6 is 0 Å². The lowest BCUT2D eigenvalue weighted by Gasteiger charge is -2.34. The normalized spacial score (nSPS) is 26.8. The smallest absolute Gasteiger partial charge is 0.254 e. The fourth-order valence-electron chi connectivity index (χ4n) is 2.77. The Morgan fingerprint density at radius 3 is 2.55 bits per heavy atom. The van der Waals surface area contributed by atoms with Crippen LogP contribution in [0.4, 0.5) is 0 Å². The molecule has 1 aliphatic heterocycles. The largest absolute Gasteiger partial charge is 0.507 e. The number of rotatable bonds is 9. The van der Waals surface area contributed by atoms with Crippen molar-refractivity contribution in [3.8, 4) is 5.75 Å². The summed E-state index contributed by atoms with van der Waals surface area (Å²) in [5.41, 5.74) is 2.95. The van der Waals surface area contributed by atoms with Gasteiger partial charge in [-0.15, -0.1) is 0 Å². The molecule has 8 nitrogen and oxygen atoms in total. The SMILES string of the molecule is [2H]C1([2H])N(CC(=O)N/N=C/c2cccc(CC(O)CO)c2O)C([2H])([2H])C([2H])([2H])N(Cc2ccccc2)C1([2H])[2H]. The second-order valence-corrected chi connectivity index (χ2v) is 6.79. The number of aliphatic hydroxyl groups excluding tert-OH is 2. The second-order valence-electron chi connectivity index (χ2n) is 6.79. The summed E-state index contributed by atoms with van der Waals surface area (Å²) < 4.78 is 67.5. The summed E-state index contributed by atoms with van der Waals surface area (Å²) in [5.74, 6) is -1.32. The van der Waals surface area contributed by atoms with Crippen LogP contribution < -0.4 is 5.43 Å². The highest BCUT2D eigenvalue weighted by Gasteiger charge is 2.19. The summed E-state index contributed by atoms with van der Waals surface area (Å²) in [5, 5.41) is 32.6. The molecule has 0 saturated carbocycles. The number of para-hydroxylation sites is 1. The molecule has 0 aromatic heterocycles. The van der Waals surface area contributed by atoms with Gasteiger partial charge in [-0.05, 0) is 17.2 Å². The molecule has 8 heteroatoms. The zero-order valence-electron chi connectivity index (χ0n) is 24.7. The summed E-state index contributed by atoms with van der Waals surface area (Å²) in [4.78, 5) is 13.3. The van der Waals surface area contributed by atoms with Gasteiger partial charge in [0.1, 0.15) is 5.75 Å². The van der Waals surface area contributed by atoms with E-state index in [-0.39, 0.29) is 22.6 Å². The van der Waals surface area contributed by atoms with Crippen molar-refractivity contribution in [1.29, 1.82) is 0 Å². The number of hydrogen-bond donors (Lipinski definition) is 4. The Bertz CT molecular complexity index is 1170. The Labute approximate surface area is 193 Å². The first-order chi connectivity index (χ1) is 18.1. The summed E-state index contributed by atoms with van der Waals surface area (Å²) in [6.45, 7) is -14.5. The highest BCUT2D eigenvalue weighted by atomic mass is 16.3. The van der Waals surface area contributed by atoms with Gasteiger partial charge in [0, 0.05) is 55.5 Å². The molecule has 0 spiro atoms. The molecule has 1 saturated heterocycles. The lowest BCUT2D eigenvalue weighted by atomic mass is 10.0. The number of aliphatic hydroxyl groups is 2. The molecule has 1 fully saturated rings. The van der Waals surface area contributed by atoms with Gasteiger partial charge in [-0.25, -0.2) is 5.43 Å². The number of hydrazone groups is 1. The third kappa shape index (κ3) is 7.15. The fraction of sp³-hybridized carbons (Fsp3) is 0.391. The van der Waals surface area contributed by atoms with Crippen LogP contribution in [-0.4, -0.2) is 82.5 Å².